The zero-order chi connectivity index (χ0) is 14.7. The summed E-state index contributed by atoms with van der Waals surface area (Å²) in [4.78, 5) is 8.12. The lowest BCUT2D eigenvalue weighted by Crippen LogP contribution is -2.36. The van der Waals surface area contributed by atoms with E-state index in [1.54, 1.807) is 11.8 Å². The molecular formula is C15H21N5S. The van der Waals surface area contributed by atoms with Crippen LogP contribution in [0.2, 0.25) is 0 Å². The molecule has 0 saturated carbocycles. The molecule has 0 bridgehead atoms. The van der Waals surface area contributed by atoms with Crippen LogP contribution in [0, 0.1) is 5.92 Å². The molecule has 1 aliphatic heterocycles. The van der Waals surface area contributed by atoms with Crippen molar-refractivity contribution in [1.82, 2.24) is 15.2 Å². The maximum atomic E-state index is 5.73. The van der Waals surface area contributed by atoms with E-state index in [0.29, 0.717) is 5.92 Å². The van der Waals surface area contributed by atoms with Crippen molar-refractivity contribution in [1.29, 1.82) is 0 Å². The fourth-order valence-corrected chi connectivity index (χ4v) is 3.05. The summed E-state index contributed by atoms with van der Waals surface area (Å²) >= 11 is 1.74. The van der Waals surface area contributed by atoms with Gasteiger partial charge in [0, 0.05) is 23.5 Å². The summed E-state index contributed by atoms with van der Waals surface area (Å²) in [7, 11) is 0. The van der Waals surface area contributed by atoms with Crippen molar-refractivity contribution >= 4 is 17.7 Å². The van der Waals surface area contributed by atoms with E-state index < -0.39 is 0 Å². The van der Waals surface area contributed by atoms with E-state index in [9.17, 15) is 0 Å². The molecule has 1 aromatic heterocycles. The lowest BCUT2D eigenvalue weighted by atomic mass is 9.97. The summed E-state index contributed by atoms with van der Waals surface area (Å²) in [6, 6.07) is 8.37. The van der Waals surface area contributed by atoms with Gasteiger partial charge in [-0.2, -0.15) is 4.98 Å². The molecule has 0 radical (unpaired) electrons. The molecule has 0 atom stereocenters. The Balaban J connectivity index is 1.71. The predicted molar refractivity (Wildman–Crippen MR) is 87.6 cm³/mol. The first-order valence-corrected chi connectivity index (χ1v) is 8.54. The Hall–Kier alpha value is -1.53. The summed E-state index contributed by atoms with van der Waals surface area (Å²) < 4.78 is 0. The third-order valence-corrected chi connectivity index (χ3v) is 4.81. The number of hydrogen-bond acceptors (Lipinski definition) is 5. The van der Waals surface area contributed by atoms with Gasteiger partial charge in [0.2, 0.25) is 5.95 Å². The quantitative estimate of drug-likeness (QED) is 0.849. The van der Waals surface area contributed by atoms with Crippen LogP contribution in [0.25, 0.3) is 11.4 Å². The zero-order valence-corrected chi connectivity index (χ0v) is 13.1. The highest BCUT2D eigenvalue weighted by atomic mass is 32.2. The van der Waals surface area contributed by atoms with Crippen LogP contribution in [0.1, 0.15) is 12.8 Å². The first kappa shape index (κ1) is 14.4. The number of aromatic nitrogens is 3. The minimum absolute atomic E-state index is 0.652. The maximum absolute atomic E-state index is 5.73. The predicted octanol–water partition coefficient (Wildman–Crippen LogP) is 2.37. The molecule has 2 aromatic rings. The summed E-state index contributed by atoms with van der Waals surface area (Å²) in [5.41, 5.74) is 6.81. The molecule has 1 aliphatic rings. The number of nitrogens with one attached hydrogen (secondary N) is 1. The standard InChI is InChI=1S/C15H21N5S/c1-21-13-4-2-12(3-5-13)14-17-15(19-18-14)20-8-6-11(10-16)7-9-20/h2-5,11H,6-10,16H2,1H3,(H,17,18,19). The molecule has 3 rings (SSSR count). The topological polar surface area (TPSA) is 70.8 Å². The van der Waals surface area contributed by atoms with Crippen molar-refractivity contribution in [3.63, 3.8) is 0 Å². The SMILES string of the molecule is CSc1ccc(-c2nc(N3CCC(CN)CC3)n[nH]2)cc1. The van der Waals surface area contributed by atoms with Crippen LogP contribution < -0.4 is 10.6 Å². The molecule has 0 unspecified atom stereocenters. The molecule has 2 heterocycles. The molecule has 5 nitrogen and oxygen atoms in total. The number of nitrogens with two attached hydrogens (primary N) is 1. The number of rotatable bonds is 4. The number of nitrogens with zero attached hydrogens (tertiary/aromatic N) is 3. The summed E-state index contributed by atoms with van der Waals surface area (Å²) in [5, 5.41) is 7.41. The molecule has 1 saturated heterocycles. The monoisotopic (exact) mass is 303 g/mol. The Kier molecular flexibility index (Phi) is 4.45. The van der Waals surface area contributed by atoms with Crippen LogP contribution in [0.3, 0.4) is 0 Å². The molecule has 1 fully saturated rings. The van der Waals surface area contributed by atoms with Gasteiger partial charge >= 0.3 is 0 Å². The molecule has 0 spiro atoms. The third kappa shape index (κ3) is 3.22. The van der Waals surface area contributed by atoms with Gasteiger partial charge in [-0.1, -0.05) is 12.1 Å². The van der Waals surface area contributed by atoms with Gasteiger partial charge in [-0.25, -0.2) is 0 Å². The smallest absolute Gasteiger partial charge is 0.245 e. The Bertz CT molecular complexity index is 572. The number of piperidine rings is 1. The summed E-state index contributed by atoms with van der Waals surface area (Å²) in [6.07, 6.45) is 4.33. The van der Waals surface area contributed by atoms with Crippen LogP contribution in [-0.2, 0) is 0 Å². The van der Waals surface area contributed by atoms with Crippen LogP contribution in [0.4, 0.5) is 5.95 Å². The second-order valence-electron chi connectivity index (χ2n) is 5.38. The van der Waals surface area contributed by atoms with Gasteiger partial charge in [-0.3, -0.25) is 5.10 Å². The highest BCUT2D eigenvalue weighted by molar-refractivity contribution is 7.98. The van der Waals surface area contributed by atoms with E-state index in [2.05, 4.69) is 50.6 Å². The van der Waals surface area contributed by atoms with Crippen LogP contribution in [0.5, 0.6) is 0 Å². The fraction of sp³-hybridized carbons (Fsp3) is 0.467. The number of anilines is 1. The van der Waals surface area contributed by atoms with Gasteiger partial charge in [0.15, 0.2) is 5.82 Å². The van der Waals surface area contributed by atoms with E-state index in [0.717, 1.165) is 49.8 Å². The van der Waals surface area contributed by atoms with Gasteiger partial charge in [0.1, 0.15) is 0 Å². The van der Waals surface area contributed by atoms with Crippen molar-refractivity contribution in [2.24, 2.45) is 11.7 Å². The van der Waals surface area contributed by atoms with Crippen molar-refractivity contribution in [3.05, 3.63) is 24.3 Å². The largest absolute Gasteiger partial charge is 0.340 e. The second kappa shape index (κ2) is 6.49. The average Bonchev–Trinajstić information content (AvgIpc) is 3.05. The molecule has 0 aliphatic carbocycles. The number of thioether (sulfide) groups is 1. The lowest BCUT2D eigenvalue weighted by molar-refractivity contribution is 0.411. The number of H-pyrrole nitrogens is 1. The van der Waals surface area contributed by atoms with Crippen LogP contribution in [-0.4, -0.2) is 41.1 Å². The second-order valence-corrected chi connectivity index (χ2v) is 6.26. The molecule has 0 amide bonds. The Morgan fingerprint density at radius 1 is 1.29 bits per heavy atom. The zero-order valence-electron chi connectivity index (χ0n) is 12.2. The highest BCUT2D eigenvalue weighted by Crippen LogP contribution is 2.24. The minimum atomic E-state index is 0.652. The number of benzene rings is 1. The molecule has 6 heteroatoms. The Morgan fingerprint density at radius 2 is 2.00 bits per heavy atom. The first-order valence-electron chi connectivity index (χ1n) is 7.32. The van der Waals surface area contributed by atoms with Crippen LogP contribution in [0.15, 0.2) is 29.2 Å². The van der Waals surface area contributed by atoms with Crippen molar-refractivity contribution < 1.29 is 0 Å². The van der Waals surface area contributed by atoms with Crippen LogP contribution >= 0.6 is 11.8 Å². The van der Waals surface area contributed by atoms with E-state index in [-0.39, 0.29) is 0 Å². The molecular weight excluding hydrogens is 282 g/mol. The molecule has 21 heavy (non-hydrogen) atoms. The highest BCUT2D eigenvalue weighted by Gasteiger charge is 2.21. The molecule has 1 aromatic carbocycles. The van der Waals surface area contributed by atoms with Gasteiger partial charge in [0.25, 0.3) is 0 Å². The van der Waals surface area contributed by atoms with Gasteiger partial charge in [-0.15, -0.1) is 16.9 Å². The molecule has 112 valence electrons. The van der Waals surface area contributed by atoms with Crippen molar-refractivity contribution in [2.45, 2.75) is 17.7 Å². The van der Waals surface area contributed by atoms with E-state index >= 15 is 0 Å². The Labute approximate surface area is 129 Å². The fourth-order valence-electron chi connectivity index (χ4n) is 2.64. The van der Waals surface area contributed by atoms with Gasteiger partial charge in [-0.05, 0) is 43.7 Å². The summed E-state index contributed by atoms with van der Waals surface area (Å²) in [6.45, 7) is 2.77. The van der Waals surface area contributed by atoms with Gasteiger partial charge in [0.05, 0.1) is 0 Å². The lowest BCUT2D eigenvalue weighted by Gasteiger charge is -2.30. The van der Waals surface area contributed by atoms with Crippen molar-refractivity contribution in [2.75, 3.05) is 30.8 Å². The third-order valence-electron chi connectivity index (χ3n) is 4.07. The summed E-state index contributed by atoms with van der Waals surface area (Å²) in [5.74, 6) is 2.28. The Morgan fingerprint density at radius 3 is 2.62 bits per heavy atom. The maximum Gasteiger partial charge on any atom is 0.245 e. The van der Waals surface area contributed by atoms with E-state index in [4.69, 9.17) is 5.73 Å². The minimum Gasteiger partial charge on any atom is -0.340 e. The number of hydrogen-bond donors (Lipinski definition) is 2. The van der Waals surface area contributed by atoms with Gasteiger partial charge < -0.3 is 10.6 Å². The molecule has 3 N–H and O–H groups in total. The normalized spacial score (nSPS) is 16.4. The number of aromatic amines is 1. The van der Waals surface area contributed by atoms with E-state index in [1.165, 1.54) is 4.90 Å². The average molecular weight is 303 g/mol. The first-order chi connectivity index (χ1) is 10.3. The van der Waals surface area contributed by atoms with Crippen molar-refractivity contribution in [3.8, 4) is 11.4 Å². The van der Waals surface area contributed by atoms with E-state index in [1.807, 2.05) is 0 Å².